The molecule has 0 aliphatic carbocycles. The van der Waals surface area contributed by atoms with Crippen molar-refractivity contribution in [2.75, 3.05) is 13.1 Å². The molecule has 1 aromatic heterocycles. The van der Waals surface area contributed by atoms with Crippen molar-refractivity contribution in [2.45, 2.75) is 49.4 Å². The smallest absolute Gasteiger partial charge is 0.410 e. The van der Waals surface area contributed by atoms with Gasteiger partial charge in [0.25, 0.3) is 0 Å². The van der Waals surface area contributed by atoms with Gasteiger partial charge >= 0.3 is 6.09 Å². The van der Waals surface area contributed by atoms with Gasteiger partial charge in [0, 0.05) is 32.1 Å². The van der Waals surface area contributed by atoms with Crippen molar-refractivity contribution in [2.24, 2.45) is 0 Å². The third kappa shape index (κ3) is 7.05. The Kier molecular flexibility index (Phi) is 8.17. The van der Waals surface area contributed by atoms with Crippen LogP contribution in [0.4, 0.5) is 9.18 Å². The van der Waals surface area contributed by atoms with E-state index < -0.39 is 15.9 Å². The Morgan fingerprint density at radius 2 is 1.67 bits per heavy atom. The van der Waals surface area contributed by atoms with Crippen molar-refractivity contribution in [1.29, 1.82) is 0 Å². The molecule has 222 valence electrons. The molecule has 7 nitrogen and oxygen atoms in total. The lowest BCUT2D eigenvalue weighted by atomic mass is 9.82. The molecule has 4 aromatic rings. The Labute approximate surface area is 251 Å². The predicted octanol–water partition coefficient (Wildman–Crippen LogP) is 6.50. The fourth-order valence-electron chi connectivity index (χ4n) is 5.82. The van der Waals surface area contributed by atoms with Gasteiger partial charge in [-0.3, -0.25) is 4.98 Å². The van der Waals surface area contributed by atoms with E-state index in [2.05, 4.69) is 11.1 Å². The van der Waals surface area contributed by atoms with E-state index in [4.69, 9.17) is 9.47 Å². The fourth-order valence-corrected chi connectivity index (χ4v) is 7.24. The fraction of sp³-hybridized carbons (Fsp3) is 0.294. The van der Waals surface area contributed by atoms with Crippen molar-refractivity contribution < 1.29 is 27.1 Å². The average molecular weight is 601 g/mol. The molecular formula is C34H33FN2O5S. The summed E-state index contributed by atoms with van der Waals surface area (Å²) in [6.45, 7) is 1.12. The van der Waals surface area contributed by atoms with Gasteiger partial charge in [0.1, 0.15) is 23.8 Å². The minimum Gasteiger partial charge on any atom is -0.487 e. The van der Waals surface area contributed by atoms with Crippen LogP contribution in [0.3, 0.4) is 0 Å². The summed E-state index contributed by atoms with van der Waals surface area (Å²) in [6, 6.07) is 25.2. The van der Waals surface area contributed by atoms with Crippen molar-refractivity contribution in [3.8, 4) is 16.9 Å². The van der Waals surface area contributed by atoms with Gasteiger partial charge in [-0.05, 0) is 77.1 Å². The molecule has 1 saturated heterocycles. The molecule has 0 saturated carbocycles. The number of fused-ring (bicyclic) bond motifs is 1. The SMILES string of the molecule is O=C(OCc1cccc(F)c1)N1CCC2(CCc3cc(-c4ccc(CS(=O)(=O)Cc5ccccn5)cc4)ccc3O2)CC1. The van der Waals surface area contributed by atoms with Crippen LogP contribution in [-0.2, 0) is 39.1 Å². The summed E-state index contributed by atoms with van der Waals surface area (Å²) >= 11 is 0. The lowest BCUT2D eigenvalue weighted by Gasteiger charge is -2.44. The zero-order valence-corrected chi connectivity index (χ0v) is 24.6. The molecule has 0 bridgehead atoms. The van der Waals surface area contributed by atoms with E-state index in [9.17, 15) is 17.6 Å². The largest absolute Gasteiger partial charge is 0.487 e. The maximum atomic E-state index is 13.4. The van der Waals surface area contributed by atoms with Crippen LogP contribution in [0.2, 0.25) is 0 Å². The number of nitrogens with zero attached hydrogens (tertiary/aromatic N) is 2. The van der Waals surface area contributed by atoms with Gasteiger partial charge in [-0.15, -0.1) is 0 Å². The van der Waals surface area contributed by atoms with Gasteiger partial charge in [0.2, 0.25) is 0 Å². The van der Waals surface area contributed by atoms with E-state index in [1.54, 1.807) is 41.4 Å². The highest BCUT2D eigenvalue weighted by atomic mass is 32.2. The molecule has 43 heavy (non-hydrogen) atoms. The first kappa shape index (κ1) is 28.9. The van der Waals surface area contributed by atoms with Crippen LogP contribution in [-0.4, -0.2) is 43.1 Å². The van der Waals surface area contributed by atoms with Gasteiger partial charge in [-0.1, -0.05) is 48.5 Å². The molecule has 2 aliphatic rings. The maximum Gasteiger partial charge on any atom is 0.410 e. The third-order valence-corrected chi connectivity index (χ3v) is 9.70. The molecule has 1 spiro atoms. The topological polar surface area (TPSA) is 85.8 Å². The maximum absolute atomic E-state index is 13.4. The third-order valence-electron chi connectivity index (χ3n) is 8.19. The highest BCUT2D eigenvalue weighted by Crippen LogP contribution is 2.41. The van der Waals surface area contributed by atoms with E-state index in [1.807, 2.05) is 36.4 Å². The van der Waals surface area contributed by atoms with Crippen molar-refractivity contribution in [3.05, 3.63) is 119 Å². The molecule has 3 aromatic carbocycles. The first-order chi connectivity index (χ1) is 20.8. The molecular weight excluding hydrogens is 567 g/mol. The number of hydrogen-bond acceptors (Lipinski definition) is 6. The number of aromatic nitrogens is 1. The van der Waals surface area contributed by atoms with Gasteiger partial charge in [0.15, 0.2) is 9.84 Å². The quantitative estimate of drug-likeness (QED) is 0.241. The van der Waals surface area contributed by atoms with Crippen molar-refractivity contribution >= 4 is 15.9 Å². The molecule has 1 fully saturated rings. The number of pyridine rings is 1. The summed E-state index contributed by atoms with van der Waals surface area (Å²) in [5.74, 6) is 0.399. The number of benzene rings is 3. The average Bonchev–Trinajstić information content (AvgIpc) is 3.00. The first-order valence-electron chi connectivity index (χ1n) is 14.4. The zero-order valence-electron chi connectivity index (χ0n) is 23.7. The number of piperidine rings is 1. The van der Waals surface area contributed by atoms with Crippen LogP contribution in [0.1, 0.15) is 41.6 Å². The highest BCUT2D eigenvalue weighted by molar-refractivity contribution is 7.89. The van der Waals surface area contributed by atoms with Crippen LogP contribution in [0, 0.1) is 5.82 Å². The Hall–Kier alpha value is -4.24. The molecule has 2 aliphatic heterocycles. The Bertz CT molecular complexity index is 1700. The monoisotopic (exact) mass is 600 g/mol. The summed E-state index contributed by atoms with van der Waals surface area (Å²) in [6.07, 6.45) is 4.38. The van der Waals surface area contributed by atoms with Gasteiger partial charge in [-0.2, -0.15) is 0 Å². The van der Waals surface area contributed by atoms with E-state index in [0.717, 1.165) is 40.8 Å². The summed E-state index contributed by atoms with van der Waals surface area (Å²) in [7, 11) is -3.34. The number of ether oxygens (including phenoxy) is 2. The van der Waals surface area contributed by atoms with Gasteiger partial charge < -0.3 is 14.4 Å². The standard InChI is InChI=1S/C34H33FN2O5S/c35-30-5-3-4-26(20-30)22-41-33(38)37-18-15-34(16-19-37)14-13-29-21-28(11-12-32(29)42-34)27-9-7-25(8-10-27)23-43(39,40)24-31-6-1-2-17-36-31/h1-12,17,20-21H,13-16,18-19,22-24H2. The zero-order chi connectivity index (χ0) is 29.9. The lowest BCUT2D eigenvalue weighted by molar-refractivity contribution is -0.0151. The number of carbonyl (C=O) groups excluding carboxylic acids is 1. The van der Waals surface area contributed by atoms with E-state index >= 15 is 0 Å². The number of halogens is 1. The van der Waals surface area contributed by atoms with Crippen molar-refractivity contribution in [3.63, 3.8) is 0 Å². The van der Waals surface area contributed by atoms with Crippen molar-refractivity contribution in [1.82, 2.24) is 9.88 Å². The Morgan fingerprint density at radius 3 is 2.42 bits per heavy atom. The minimum absolute atomic E-state index is 0.0356. The van der Waals surface area contributed by atoms with E-state index in [0.29, 0.717) is 37.2 Å². The molecule has 0 radical (unpaired) electrons. The first-order valence-corrected chi connectivity index (χ1v) is 16.3. The number of rotatable bonds is 7. The lowest BCUT2D eigenvalue weighted by Crippen LogP contribution is -2.51. The van der Waals surface area contributed by atoms with Crippen LogP contribution >= 0.6 is 0 Å². The predicted molar refractivity (Wildman–Crippen MR) is 162 cm³/mol. The Balaban J connectivity index is 1.04. The second-order valence-electron chi connectivity index (χ2n) is 11.3. The molecule has 3 heterocycles. The second kappa shape index (κ2) is 12.2. The number of aryl methyl sites for hydroxylation is 1. The minimum atomic E-state index is -3.34. The number of amides is 1. The summed E-state index contributed by atoms with van der Waals surface area (Å²) < 4.78 is 50.7. The Morgan fingerprint density at radius 1 is 0.884 bits per heavy atom. The summed E-state index contributed by atoms with van der Waals surface area (Å²) in [4.78, 5) is 18.4. The van der Waals surface area contributed by atoms with Crippen LogP contribution in [0.5, 0.6) is 5.75 Å². The van der Waals surface area contributed by atoms with Gasteiger partial charge in [0.05, 0.1) is 17.2 Å². The molecule has 9 heteroatoms. The normalized spacial score (nSPS) is 15.9. The number of sulfone groups is 1. The van der Waals surface area contributed by atoms with E-state index in [-0.39, 0.29) is 29.5 Å². The summed E-state index contributed by atoms with van der Waals surface area (Å²) in [5, 5.41) is 0. The van der Waals surface area contributed by atoms with Crippen LogP contribution < -0.4 is 4.74 Å². The summed E-state index contributed by atoms with van der Waals surface area (Å²) in [5.41, 5.74) is 4.80. The molecule has 0 N–H and O–H groups in total. The van der Waals surface area contributed by atoms with Crippen LogP contribution in [0.15, 0.2) is 91.1 Å². The van der Waals surface area contributed by atoms with Crippen LogP contribution in [0.25, 0.3) is 11.1 Å². The molecule has 0 atom stereocenters. The number of carbonyl (C=O) groups is 1. The molecule has 1 amide bonds. The second-order valence-corrected chi connectivity index (χ2v) is 13.4. The number of hydrogen-bond donors (Lipinski definition) is 0. The molecule has 0 unspecified atom stereocenters. The number of likely N-dealkylation sites (tertiary alicyclic amines) is 1. The van der Waals surface area contributed by atoms with E-state index in [1.165, 1.54) is 12.1 Å². The molecule has 6 rings (SSSR count). The highest BCUT2D eigenvalue weighted by Gasteiger charge is 2.40. The van der Waals surface area contributed by atoms with Gasteiger partial charge in [-0.25, -0.2) is 17.6 Å².